The molecule has 0 saturated carbocycles. The van der Waals surface area contributed by atoms with Crippen molar-refractivity contribution in [3.63, 3.8) is 0 Å². The quantitative estimate of drug-likeness (QED) is 0.559. The highest BCUT2D eigenvalue weighted by Crippen LogP contribution is 2.24. The first kappa shape index (κ1) is 21.4. The third kappa shape index (κ3) is 4.35. The van der Waals surface area contributed by atoms with E-state index in [9.17, 15) is 29.4 Å². The van der Waals surface area contributed by atoms with Crippen molar-refractivity contribution >= 4 is 23.5 Å². The SMILES string of the molecule is COc1ccc(C(=O)c2cc(C(=O)O)c(C(=O)c3ccc(C)cc3)cc2C(=O)O)cc1. The molecular weight excluding hydrogens is 400 g/mol. The maximum atomic E-state index is 13.0. The van der Waals surface area contributed by atoms with E-state index < -0.39 is 34.6 Å². The van der Waals surface area contributed by atoms with E-state index in [0.29, 0.717) is 5.75 Å². The van der Waals surface area contributed by atoms with Gasteiger partial charge in [-0.2, -0.15) is 0 Å². The Balaban J connectivity index is 2.17. The van der Waals surface area contributed by atoms with Crippen molar-refractivity contribution in [3.05, 3.63) is 99.6 Å². The minimum Gasteiger partial charge on any atom is -0.497 e. The molecule has 0 bridgehead atoms. The molecule has 31 heavy (non-hydrogen) atoms. The number of carboxylic acid groups (broad SMARTS) is 2. The Bertz CT molecular complexity index is 1190. The predicted molar refractivity (Wildman–Crippen MR) is 111 cm³/mol. The molecular formula is C24H18O7. The van der Waals surface area contributed by atoms with Gasteiger partial charge in [0.1, 0.15) is 5.75 Å². The summed E-state index contributed by atoms with van der Waals surface area (Å²) in [5, 5.41) is 19.3. The van der Waals surface area contributed by atoms with Gasteiger partial charge in [-0.15, -0.1) is 0 Å². The van der Waals surface area contributed by atoms with Crippen LogP contribution in [-0.2, 0) is 0 Å². The summed E-state index contributed by atoms with van der Waals surface area (Å²) in [5.74, 6) is -3.73. The number of aryl methyl sites for hydroxylation is 1. The van der Waals surface area contributed by atoms with Crippen LogP contribution in [-0.4, -0.2) is 40.8 Å². The lowest BCUT2D eigenvalue weighted by Gasteiger charge is -2.12. The first-order valence-electron chi connectivity index (χ1n) is 9.17. The van der Waals surface area contributed by atoms with Gasteiger partial charge < -0.3 is 14.9 Å². The lowest BCUT2D eigenvalue weighted by Crippen LogP contribution is -2.17. The van der Waals surface area contributed by atoms with E-state index in [1.54, 1.807) is 12.1 Å². The molecule has 0 radical (unpaired) electrons. The van der Waals surface area contributed by atoms with Gasteiger partial charge in [0, 0.05) is 22.3 Å². The van der Waals surface area contributed by atoms with Gasteiger partial charge in [-0.25, -0.2) is 9.59 Å². The molecule has 0 atom stereocenters. The van der Waals surface area contributed by atoms with Gasteiger partial charge in [-0.1, -0.05) is 29.8 Å². The number of rotatable bonds is 7. The largest absolute Gasteiger partial charge is 0.497 e. The average molecular weight is 418 g/mol. The van der Waals surface area contributed by atoms with E-state index in [1.165, 1.54) is 43.5 Å². The van der Waals surface area contributed by atoms with Crippen molar-refractivity contribution in [3.8, 4) is 5.75 Å². The second kappa shape index (κ2) is 8.62. The van der Waals surface area contributed by atoms with Crippen molar-refractivity contribution in [2.24, 2.45) is 0 Å². The number of ketones is 2. The van der Waals surface area contributed by atoms with E-state index >= 15 is 0 Å². The monoisotopic (exact) mass is 418 g/mol. The summed E-state index contributed by atoms with van der Waals surface area (Å²) < 4.78 is 5.04. The van der Waals surface area contributed by atoms with Crippen LogP contribution in [0.1, 0.15) is 58.1 Å². The van der Waals surface area contributed by atoms with Crippen LogP contribution in [0.25, 0.3) is 0 Å². The number of hydrogen-bond donors (Lipinski definition) is 2. The van der Waals surface area contributed by atoms with E-state index in [4.69, 9.17) is 4.74 Å². The van der Waals surface area contributed by atoms with Crippen molar-refractivity contribution < 1.29 is 34.1 Å². The second-order valence-electron chi connectivity index (χ2n) is 6.81. The fraction of sp³-hybridized carbons (Fsp3) is 0.0833. The highest BCUT2D eigenvalue weighted by molar-refractivity contribution is 6.19. The maximum Gasteiger partial charge on any atom is 0.336 e. The van der Waals surface area contributed by atoms with Crippen molar-refractivity contribution in [1.82, 2.24) is 0 Å². The Labute approximate surface area is 177 Å². The highest BCUT2D eigenvalue weighted by atomic mass is 16.5. The standard InChI is InChI=1S/C24H18O7/c1-13-3-5-14(6-4-13)21(25)17-11-20(24(29)30)18(12-19(17)23(27)28)22(26)15-7-9-16(31-2)10-8-15/h3-12H,1-2H3,(H,27,28)(H,29,30). The molecule has 0 aliphatic rings. The van der Waals surface area contributed by atoms with Gasteiger partial charge in [0.15, 0.2) is 11.6 Å². The highest BCUT2D eigenvalue weighted by Gasteiger charge is 2.26. The Kier molecular flexibility index (Phi) is 5.97. The maximum absolute atomic E-state index is 13.0. The molecule has 0 amide bonds. The molecule has 0 spiro atoms. The molecule has 0 unspecified atom stereocenters. The molecule has 0 saturated heterocycles. The molecule has 0 heterocycles. The number of methoxy groups -OCH3 is 1. The lowest BCUT2D eigenvalue weighted by molar-refractivity contribution is 0.0677. The van der Waals surface area contributed by atoms with Gasteiger partial charge >= 0.3 is 11.9 Å². The van der Waals surface area contributed by atoms with Crippen molar-refractivity contribution in [2.45, 2.75) is 6.92 Å². The number of benzene rings is 3. The van der Waals surface area contributed by atoms with Crippen LogP contribution in [0.15, 0.2) is 60.7 Å². The summed E-state index contributed by atoms with van der Waals surface area (Å²) >= 11 is 0. The lowest BCUT2D eigenvalue weighted by atomic mass is 9.90. The molecule has 0 aliphatic carbocycles. The smallest absolute Gasteiger partial charge is 0.336 e. The normalized spacial score (nSPS) is 10.4. The Morgan fingerprint density at radius 3 is 1.39 bits per heavy atom. The van der Waals surface area contributed by atoms with E-state index in [1.807, 2.05) is 6.92 Å². The van der Waals surface area contributed by atoms with Crippen LogP contribution in [0, 0.1) is 6.92 Å². The predicted octanol–water partition coefficient (Wildman–Crippen LogP) is 3.86. The van der Waals surface area contributed by atoms with Gasteiger partial charge in [-0.05, 0) is 43.3 Å². The number of carbonyl (C=O) groups is 4. The fourth-order valence-corrected chi connectivity index (χ4v) is 3.09. The Morgan fingerprint density at radius 1 is 0.645 bits per heavy atom. The van der Waals surface area contributed by atoms with Crippen LogP contribution in [0.2, 0.25) is 0 Å². The number of aromatic carboxylic acids is 2. The summed E-state index contributed by atoms with van der Waals surface area (Å²) in [5.41, 5.74) is -0.276. The zero-order valence-corrected chi connectivity index (χ0v) is 16.7. The van der Waals surface area contributed by atoms with Gasteiger partial charge in [0.2, 0.25) is 0 Å². The summed E-state index contributed by atoms with van der Waals surface area (Å²) in [6.45, 7) is 1.83. The van der Waals surface area contributed by atoms with Crippen LogP contribution in [0.3, 0.4) is 0 Å². The third-order valence-electron chi connectivity index (χ3n) is 4.77. The molecule has 0 fully saturated rings. The van der Waals surface area contributed by atoms with Gasteiger partial charge in [0.05, 0.1) is 18.2 Å². The van der Waals surface area contributed by atoms with Crippen LogP contribution < -0.4 is 4.74 Å². The van der Waals surface area contributed by atoms with E-state index in [-0.39, 0.29) is 22.3 Å². The minimum atomic E-state index is -1.45. The molecule has 156 valence electrons. The van der Waals surface area contributed by atoms with Gasteiger partial charge in [0.25, 0.3) is 0 Å². The summed E-state index contributed by atoms with van der Waals surface area (Å²) in [4.78, 5) is 49.6. The molecule has 0 aromatic heterocycles. The van der Waals surface area contributed by atoms with Crippen molar-refractivity contribution in [2.75, 3.05) is 7.11 Å². The molecule has 3 aromatic carbocycles. The zero-order chi connectivity index (χ0) is 22.7. The van der Waals surface area contributed by atoms with Crippen LogP contribution in [0.4, 0.5) is 0 Å². The average Bonchev–Trinajstić information content (AvgIpc) is 2.77. The number of carbonyl (C=O) groups excluding carboxylic acids is 2. The van der Waals surface area contributed by atoms with Gasteiger partial charge in [-0.3, -0.25) is 9.59 Å². The number of carboxylic acids is 2. The summed E-state index contributed by atoms with van der Waals surface area (Å²) in [6.07, 6.45) is 0. The van der Waals surface area contributed by atoms with E-state index in [2.05, 4.69) is 0 Å². The second-order valence-corrected chi connectivity index (χ2v) is 6.81. The van der Waals surface area contributed by atoms with Crippen molar-refractivity contribution in [1.29, 1.82) is 0 Å². The third-order valence-corrected chi connectivity index (χ3v) is 4.77. The Morgan fingerprint density at radius 2 is 1.03 bits per heavy atom. The Hall–Kier alpha value is -4.26. The molecule has 2 N–H and O–H groups in total. The molecule has 7 heteroatoms. The molecule has 0 aliphatic heterocycles. The molecule has 3 rings (SSSR count). The number of hydrogen-bond acceptors (Lipinski definition) is 5. The minimum absolute atomic E-state index is 0.150. The number of ether oxygens (including phenoxy) is 1. The topological polar surface area (TPSA) is 118 Å². The van der Waals surface area contributed by atoms with E-state index in [0.717, 1.165) is 17.7 Å². The van der Waals surface area contributed by atoms with Crippen LogP contribution >= 0.6 is 0 Å². The zero-order valence-electron chi connectivity index (χ0n) is 16.7. The molecule has 3 aromatic rings. The summed E-state index contributed by atoms with van der Waals surface area (Å²) in [6, 6.07) is 14.3. The summed E-state index contributed by atoms with van der Waals surface area (Å²) in [7, 11) is 1.46. The molecule has 7 nitrogen and oxygen atoms in total. The fourth-order valence-electron chi connectivity index (χ4n) is 3.09. The first-order chi connectivity index (χ1) is 14.7. The van der Waals surface area contributed by atoms with Crippen LogP contribution in [0.5, 0.6) is 5.75 Å². The first-order valence-corrected chi connectivity index (χ1v) is 9.17.